The zero-order valence-corrected chi connectivity index (χ0v) is 14.7. The molecule has 2 heterocycles. The maximum absolute atomic E-state index is 13.0. The van der Waals surface area contributed by atoms with Crippen molar-refractivity contribution in [3.63, 3.8) is 0 Å². The van der Waals surface area contributed by atoms with Crippen molar-refractivity contribution in [3.8, 4) is 0 Å². The van der Waals surface area contributed by atoms with Gasteiger partial charge in [0, 0.05) is 12.1 Å². The third kappa shape index (κ3) is 3.47. The van der Waals surface area contributed by atoms with Crippen LogP contribution >= 0.6 is 0 Å². The Kier molecular flexibility index (Phi) is 4.37. The van der Waals surface area contributed by atoms with Gasteiger partial charge in [0.2, 0.25) is 5.91 Å². The van der Waals surface area contributed by atoms with Gasteiger partial charge in [0.25, 0.3) is 5.91 Å². The van der Waals surface area contributed by atoms with Gasteiger partial charge in [0.15, 0.2) is 5.69 Å². The third-order valence-electron chi connectivity index (χ3n) is 4.88. The third-order valence-corrected chi connectivity index (χ3v) is 4.88. The van der Waals surface area contributed by atoms with Gasteiger partial charge in [-0.3, -0.25) is 9.59 Å². The Morgan fingerprint density at radius 3 is 2.54 bits per heavy atom. The summed E-state index contributed by atoms with van der Waals surface area (Å²) in [5.41, 5.74) is 5.94. The van der Waals surface area contributed by atoms with Crippen molar-refractivity contribution in [3.05, 3.63) is 41.7 Å². The summed E-state index contributed by atoms with van der Waals surface area (Å²) in [4.78, 5) is 26.4. The number of nitrogens with one attached hydrogen (secondary N) is 1. The number of amides is 2. The molecule has 3 N–H and O–H groups in total. The highest BCUT2D eigenvalue weighted by Crippen LogP contribution is 2.34. The number of halogens is 3. The van der Waals surface area contributed by atoms with E-state index in [-0.39, 0.29) is 29.5 Å². The summed E-state index contributed by atoms with van der Waals surface area (Å²) >= 11 is 0. The molecule has 1 fully saturated rings. The number of anilines is 2. The lowest BCUT2D eigenvalue weighted by Gasteiger charge is -2.32. The Bertz CT molecular complexity index is 918. The molecule has 1 aliphatic carbocycles. The molecule has 1 aromatic heterocycles. The van der Waals surface area contributed by atoms with Crippen LogP contribution in [-0.4, -0.2) is 28.1 Å². The molecule has 0 radical (unpaired) electrons. The minimum atomic E-state index is -4.46. The zero-order chi connectivity index (χ0) is 20.1. The second-order valence-corrected chi connectivity index (χ2v) is 7.07. The first kappa shape index (κ1) is 18.5. The van der Waals surface area contributed by atoms with Crippen LogP contribution in [-0.2, 0) is 11.0 Å². The predicted octanol–water partition coefficient (Wildman–Crippen LogP) is 2.76. The van der Waals surface area contributed by atoms with Crippen molar-refractivity contribution in [1.82, 2.24) is 9.78 Å². The highest BCUT2D eigenvalue weighted by atomic mass is 19.4. The van der Waals surface area contributed by atoms with E-state index < -0.39 is 23.8 Å². The van der Waals surface area contributed by atoms with Crippen LogP contribution in [0.3, 0.4) is 0 Å². The minimum Gasteiger partial charge on any atom is -0.323 e. The van der Waals surface area contributed by atoms with Crippen LogP contribution in [0.5, 0.6) is 0 Å². The molecule has 7 nitrogen and oxygen atoms in total. The lowest BCUT2D eigenvalue weighted by atomic mass is 10.1. The van der Waals surface area contributed by atoms with Crippen LogP contribution in [0.25, 0.3) is 0 Å². The number of benzene rings is 1. The number of aromatic nitrogens is 2. The molecule has 28 heavy (non-hydrogen) atoms. The van der Waals surface area contributed by atoms with Crippen LogP contribution in [0.4, 0.5) is 24.5 Å². The van der Waals surface area contributed by atoms with Gasteiger partial charge >= 0.3 is 6.18 Å². The van der Waals surface area contributed by atoms with Gasteiger partial charge in [0.1, 0.15) is 6.17 Å². The second-order valence-electron chi connectivity index (χ2n) is 7.07. The second kappa shape index (κ2) is 6.62. The van der Waals surface area contributed by atoms with Crippen LogP contribution in [0.2, 0.25) is 0 Å². The molecule has 148 valence electrons. The van der Waals surface area contributed by atoms with Gasteiger partial charge in [-0.2, -0.15) is 18.3 Å². The fourth-order valence-corrected chi connectivity index (χ4v) is 3.23. The van der Waals surface area contributed by atoms with Crippen molar-refractivity contribution in [2.45, 2.75) is 31.6 Å². The molecule has 0 saturated heterocycles. The first-order valence-electron chi connectivity index (χ1n) is 8.86. The normalized spacial score (nSPS) is 19.5. The van der Waals surface area contributed by atoms with Crippen molar-refractivity contribution >= 4 is 23.2 Å². The quantitative estimate of drug-likeness (QED) is 0.835. The zero-order valence-electron chi connectivity index (χ0n) is 14.7. The summed E-state index contributed by atoms with van der Waals surface area (Å²) in [6.45, 7) is 0.0499. The molecule has 2 aliphatic rings. The maximum Gasteiger partial charge on any atom is 0.416 e. The van der Waals surface area contributed by atoms with E-state index in [0.717, 1.165) is 25.0 Å². The van der Waals surface area contributed by atoms with Gasteiger partial charge in [-0.15, -0.1) is 0 Å². The van der Waals surface area contributed by atoms with Gasteiger partial charge in [0.05, 0.1) is 24.0 Å². The van der Waals surface area contributed by atoms with Crippen LogP contribution in [0.15, 0.2) is 30.5 Å². The first-order valence-corrected chi connectivity index (χ1v) is 8.86. The molecular weight excluding hydrogens is 375 g/mol. The number of hydrogen-bond acceptors (Lipinski definition) is 4. The largest absolute Gasteiger partial charge is 0.416 e. The van der Waals surface area contributed by atoms with Crippen molar-refractivity contribution in [1.29, 1.82) is 0 Å². The number of carbonyl (C=O) groups is 2. The molecule has 2 amide bonds. The smallest absolute Gasteiger partial charge is 0.323 e. The SMILES string of the molecule is NC1CN(c2ccc(C(F)(F)F)cc2)C(=O)c2c(NC(=O)CC3CC3)cnn21. The number of carbonyl (C=O) groups excluding carboxylic acids is 2. The van der Waals surface area contributed by atoms with Gasteiger partial charge in [-0.05, 0) is 43.0 Å². The number of nitrogens with zero attached hydrogens (tertiary/aromatic N) is 3. The molecule has 0 spiro atoms. The van der Waals surface area contributed by atoms with Crippen LogP contribution in [0, 0.1) is 5.92 Å². The number of alkyl halides is 3. The number of fused-ring (bicyclic) bond motifs is 1. The van der Waals surface area contributed by atoms with E-state index in [2.05, 4.69) is 10.4 Å². The van der Waals surface area contributed by atoms with E-state index in [1.54, 1.807) is 0 Å². The Labute approximate surface area is 158 Å². The maximum atomic E-state index is 13.0. The highest BCUT2D eigenvalue weighted by Gasteiger charge is 2.36. The summed E-state index contributed by atoms with van der Waals surface area (Å²) in [6.07, 6.45) is -1.36. The molecule has 2 aromatic rings. The summed E-state index contributed by atoms with van der Waals surface area (Å²) in [6, 6.07) is 4.28. The summed E-state index contributed by atoms with van der Waals surface area (Å²) < 4.78 is 39.6. The molecular formula is C18H18F3N5O2. The first-order chi connectivity index (χ1) is 13.2. The summed E-state index contributed by atoms with van der Waals surface area (Å²) in [5, 5.41) is 6.79. The average Bonchev–Trinajstić information content (AvgIpc) is 3.34. The Morgan fingerprint density at radius 2 is 1.93 bits per heavy atom. The van der Waals surface area contributed by atoms with E-state index in [1.807, 2.05) is 0 Å². The molecule has 1 saturated carbocycles. The molecule has 1 aliphatic heterocycles. The van der Waals surface area contributed by atoms with Crippen molar-refractivity contribution in [2.75, 3.05) is 16.8 Å². The Morgan fingerprint density at radius 1 is 1.25 bits per heavy atom. The average molecular weight is 393 g/mol. The molecule has 0 bridgehead atoms. The van der Waals surface area contributed by atoms with E-state index in [1.165, 1.54) is 27.9 Å². The number of hydrogen-bond donors (Lipinski definition) is 2. The topological polar surface area (TPSA) is 93.2 Å². The van der Waals surface area contributed by atoms with E-state index >= 15 is 0 Å². The summed E-state index contributed by atoms with van der Waals surface area (Å²) in [7, 11) is 0. The minimum absolute atomic E-state index is 0.0499. The summed E-state index contributed by atoms with van der Waals surface area (Å²) in [5.74, 6) is -0.306. The fourth-order valence-electron chi connectivity index (χ4n) is 3.23. The number of rotatable bonds is 4. The van der Waals surface area contributed by atoms with Crippen LogP contribution < -0.4 is 16.0 Å². The molecule has 1 atom stereocenters. The van der Waals surface area contributed by atoms with Crippen molar-refractivity contribution in [2.24, 2.45) is 11.7 Å². The predicted molar refractivity (Wildman–Crippen MR) is 94.5 cm³/mol. The Balaban J connectivity index is 1.60. The van der Waals surface area contributed by atoms with E-state index in [9.17, 15) is 22.8 Å². The monoisotopic (exact) mass is 393 g/mol. The lowest BCUT2D eigenvalue weighted by Crippen LogP contribution is -2.46. The molecule has 1 aromatic carbocycles. The standard InChI is InChI=1S/C18H18F3N5O2/c19-18(20,21)11-3-5-12(6-4-11)25-9-14(22)26-16(17(25)28)13(8-23-26)24-15(27)7-10-1-2-10/h3-6,8,10,14H,1-2,7,9,22H2,(H,24,27). The number of nitrogens with two attached hydrogens (primary N) is 1. The lowest BCUT2D eigenvalue weighted by molar-refractivity contribution is -0.137. The van der Waals surface area contributed by atoms with Gasteiger partial charge in [-0.25, -0.2) is 4.68 Å². The fraction of sp³-hybridized carbons (Fsp3) is 0.389. The van der Waals surface area contributed by atoms with E-state index in [0.29, 0.717) is 12.3 Å². The van der Waals surface area contributed by atoms with E-state index in [4.69, 9.17) is 5.73 Å². The molecule has 10 heteroatoms. The highest BCUT2D eigenvalue weighted by molar-refractivity contribution is 6.11. The van der Waals surface area contributed by atoms with Crippen LogP contribution in [0.1, 0.15) is 41.5 Å². The van der Waals surface area contributed by atoms with Crippen molar-refractivity contribution < 1.29 is 22.8 Å². The Hall–Kier alpha value is -2.88. The molecule has 4 rings (SSSR count). The molecule has 1 unspecified atom stereocenters. The van der Waals surface area contributed by atoms with Gasteiger partial charge < -0.3 is 16.0 Å². The van der Waals surface area contributed by atoms with Gasteiger partial charge in [-0.1, -0.05) is 0 Å².